The minimum Gasteiger partial charge on any atom is -0.352 e. The number of hydrogen-bond donors (Lipinski definition) is 1. The highest BCUT2D eigenvalue weighted by Crippen LogP contribution is 2.26. The van der Waals surface area contributed by atoms with Crippen molar-refractivity contribution in [1.82, 2.24) is 10.2 Å². The van der Waals surface area contributed by atoms with Gasteiger partial charge in [-0.1, -0.05) is 84.7 Å². The normalized spacial score (nSPS) is 12.8. The Labute approximate surface area is 247 Å². The van der Waals surface area contributed by atoms with E-state index in [9.17, 15) is 18.0 Å². The average molecular weight is 605 g/mol. The summed E-state index contributed by atoms with van der Waals surface area (Å²) in [6.45, 7) is 5.12. The van der Waals surface area contributed by atoms with Gasteiger partial charge in [0, 0.05) is 29.1 Å². The van der Waals surface area contributed by atoms with Crippen molar-refractivity contribution in [3.05, 3.63) is 99.5 Å². The number of aryl methyl sites for hydroxylation is 1. The smallest absolute Gasteiger partial charge is 0.244 e. The predicted molar refractivity (Wildman–Crippen MR) is 162 cm³/mol. The van der Waals surface area contributed by atoms with E-state index in [4.69, 9.17) is 23.2 Å². The van der Waals surface area contributed by atoms with Crippen LogP contribution in [0.1, 0.15) is 37.0 Å². The fourth-order valence-electron chi connectivity index (χ4n) is 4.27. The van der Waals surface area contributed by atoms with E-state index in [1.807, 2.05) is 44.2 Å². The van der Waals surface area contributed by atoms with Gasteiger partial charge in [0.25, 0.3) is 0 Å². The zero-order chi connectivity index (χ0) is 29.4. The van der Waals surface area contributed by atoms with Crippen LogP contribution in [0, 0.1) is 6.92 Å². The molecule has 0 spiro atoms. The lowest BCUT2D eigenvalue weighted by Crippen LogP contribution is -2.54. The Morgan fingerprint density at radius 2 is 1.62 bits per heavy atom. The molecule has 0 fully saturated rings. The maximum absolute atomic E-state index is 14.1. The molecule has 0 aromatic heterocycles. The third kappa shape index (κ3) is 8.46. The van der Waals surface area contributed by atoms with E-state index in [2.05, 4.69) is 5.32 Å². The van der Waals surface area contributed by atoms with Crippen LogP contribution in [-0.4, -0.2) is 50.0 Å². The summed E-state index contributed by atoms with van der Waals surface area (Å²) in [7, 11) is -3.84. The molecule has 0 aliphatic rings. The van der Waals surface area contributed by atoms with Crippen LogP contribution in [0.5, 0.6) is 0 Å². The van der Waals surface area contributed by atoms with Crippen LogP contribution in [0.15, 0.2) is 72.8 Å². The van der Waals surface area contributed by atoms with Gasteiger partial charge < -0.3 is 10.2 Å². The first-order valence-corrected chi connectivity index (χ1v) is 15.6. The molecule has 3 aromatic rings. The summed E-state index contributed by atoms with van der Waals surface area (Å²) in [6.07, 6.45) is 1.99. The van der Waals surface area contributed by atoms with Crippen molar-refractivity contribution in [2.24, 2.45) is 0 Å². The zero-order valence-electron chi connectivity index (χ0n) is 23.1. The van der Waals surface area contributed by atoms with Gasteiger partial charge in [-0.3, -0.25) is 13.9 Å². The van der Waals surface area contributed by atoms with Crippen molar-refractivity contribution in [2.75, 3.05) is 17.1 Å². The number of nitrogens with zero attached hydrogens (tertiary/aromatic N) is 2. The van der Waals surface area contributed by atoms with Gasteiger partial charge >= 0.3 is 0 Å². The number of para-hydroxylation sites is 1. The van der Waals surface area contributed by atoms with Crippen LogP contribution in [0.3, 0.4) is 0 Å². The molecule has 2 amide bonds. The van der Waals surface area contributed by atoms with Crippen LogP contribution in [-0.2, 0) is 32.6 Å². The number of hydrogen-bond acceptors (Lipinski definition) is 4. The van der Waals surface area contributed by atoms with E-state index < -0.39 is 28.5 Å². The summed E-state index contributed by atoms with van der Waals surface area (Å²) in [5.74, 6) is -0.877. The molecule has 1 N–H and O–H groups in total. The molecule has 3 rings (SSSR count). The molecule has 0 saturated carbocycles. The number of amides is 2. The van der Waals surface area contributed by atoms with Gasteiger partial charge in [-0.2, -0.15) is 0 Å². The number of rotatable bonds is 12. The lowest BCUT2D eigenvalue weighted by Gasteiger charge is -2.34. The van der Waals surface area contributed by atoms with Crippen LogP contribution >= 0.6 is 23.2 Å². The summed E-state index contributed by atoms with van der Waals surface area (Å²) in [5.41, 5.74) is 2.52. The van der Waals surface area contributed by atoms with Crippen LogP contribution in [0.4, 0.5) is 5.69 Å². The number of benzene rings is 3. The first kappa shape index (κ1) is 31.5. The van der Waals surface area contributed by atoms with E-state index in [0.29, 0.717) is 33.3 Å². The maximum Gasteiger partial charge on any atom is 0.244 e. The second kappa shape index (κ2) is 14.0. The Balaban J connectivity index is 2.10. The molecule has 3 aromatic carbocycles. The quantitative estimate of drug-likeness (QED) is 0.291. The SMILES string of the molecule is CC[C@H](C)NC(=O)[C@@H](Cc1ccccc1)N(Cc1ccc(Cl)cc1Cl)C(=O)CN(c1ccccc1C)S(C)(=O)=O. The molecule has 40 heavy (non-hydrogen) atoms. The lowest BCUT2D eigenvalue weighted by molar-refractivity contribution is -0.140. The van der Waals surface area contributed by atoms with Crippen molar-refractivity contribution in [3.63, 3.8) is 0 Å². The van der Waals surface area contributed by atoms with Gasteiger partial charge in [0.1, 0.15) is 12.6 Å². The monoisotopic (exact) mass is 603 g/mol. The average Bonchev–Trinajstić information content (AvgIpc) is 2.90. The molecule has 0 saturated heterocycles. The van der Waals surface area contributed by atoms with E-state index in [1.54, 1.807) is 49.4 Å². The fourth-order valence-corrected chi connectivity index (χ4v) is 5.64. The molecule has 0 bridgehead atoms. The third-order valence-electron chi connectivity index (χ3n) is 6.69. The zero-order valence-corrected chi connectivity index (χ0v) is 25.4. The Morgan fingerprint density at radius 1 is 0.975 bits per heavy atom. The largest absolute Gasteiger partial charge is 0.352 e. The van der Waals surface area contributed by atoms with E-state index in [-0.39, 0.29) is 24.9 Å². The van der Waals surface area contributed by atoms with Crippen molar-refractivity contribution in [1.29, 1.82) is 0 Å². The van der Waals surface area contributed by atoms with Crippen molar-refractivity contribution in [3.8, 4) is 0 Å². The van der Waals surface area contributed by atoms with Gasteiger partial charge in [-0.25, -0.2) is 8.42 Å². The van der Waals surface area contributed by atoms with Crippen molar-refractivity contribution >= 4 is 50.7 Å². The Hall–Kier alpha value is -3.07. The molecule has 10 heteroatoms. The standard InChI is InChI=1S/C30H35Cl2N3O4S/c1-5-22(3)33-30(37)28(17-23-12-7-6-8-13-23)34(19-24-15-16-25(31)18-26(24)32)29(36)20-35(40(4,38)39)27-14-10-9-11-21(27)2/h6-16,18,22,28H,5,17,19-20H2,1-4H3,(H,33,37)/t22-,28+/m0/s1. The molecule has 0 aliphatic carbocycles. The fraction of sp³-hybridized carbons (Fsp3) is 0.333. The molecule has 2 atom stereocenters. The van der Waals surface area contributed by atoms with Gasteiger partial charge in [0.15, 0.2) is 0 Å². The third-order valence-corrected chi connectivity index (χ3v) is 8.40. The predicted octanol–water partition coefficient (Wildman–Crippen LogP) is 5.62. The van der Waals surface area contributed by atoms with Gasteiger partial charge in [-0.05, 0) is 55.2 Å². The van der Waals surface area contributed by atoms with Crippen molar-refractivity contribution in [2.45, 2.75) is 52.2 Å². The Morgan fingerprint density at radius 3 is 2.23 bits per heavy atom. The number of sulfonamides is 1. The summed E-state index contributed by atoms with van der Waals surface area (Å²) in [4.78, 5) is 29.3. The molecule has 0 heterocycles. The van der Waals surface area contributed by atoms with Crippen LogP contribution in [0.2, 0.25) is 10.0 Å². The summed E-state index contributed by atoms with van der Waals surface area (Å²) >= 11 is 12.6. The van der Waals surface area contributed by atoms with Gasteiger partial charge in [0.2, 0.25) is 21.8 Å². The Kier molecular flexibility index (Phi) is 11.0. The second-order valence-electron chi connectivity index (χ2n) is 9.84. The molecule has 0 aliphatic heterocycles. The summed E-state index contributed by atoms with van der Waals surface area (Å²) < 4.78 is 26.9. The number of halogens is 2. The van der Waals surface area contributed by atoms with Crippen LogP contribution < -0.4 is 9.62 Å². The topological polar surface area (TPSA) is 86.8 Å². The lowest BCUT2D eigenvalue weighted by atomic mass is 10.0. The number of carbonyl (C=O) groups is 2. The van der Waals surface area contributed by atoms with E-state index >= 15 is 0 Å². The maximum atomic E-state index is 14.1. The van der Waals surface area contributed by atoms with Gasteiger partial charge in [-0.15, -0.1) is 0 Å². The summed E-state index contributed by atoms with van der Waals surface area (Å²) in [6, 6.07) is 20.2. The van der Waals surface area contributed by atoms with Gasteiger partial charge in [0.05, 0.1) is 11.9 Å². The molecule has 7 nitrogen and oxygen atoms in total. The number of anilines is 1. The number of carbonyl (C=O) groups excluding carboxylic acids is 2. The molecule has 214 valence electrons. The molecular formula is C30H35Cl2N3O4S. The Bertz CT molecular complexity index is 1430. The first-order chi connectivity index (χ1) is 18.9. The highest BCUT2D eigenvalue weighted by Gasteiger charge is 2.34. The second-order valence-corrected chi connectivity index (χ2v) is 12.6. The highest BCUT2D eigenvalue weighted by molar-refractivity contribution is 7.92. The van der Waals surface area contributed by atoms with Crippen molar-refractivity contribution < 1.29 is 18.0 Å². The minimum atomic E-state index is -3.84. The summed E-state index contributed by atoms with van der Waals surface area (Å²) in [5, 5.41) is 3.77. The molecular weight excluding hydrogens is 569 g/mol. The molecule has 0 radical (unpaired) electrons. The highest BCUT2D eigenvalue weighted by atomic mass is 35.5. The minimum absolute atomic E-state index is 0.0222. The first-order valence-electron chi connectivity index (χ1n) is 13.0. The van der Waals surface area contributed by atoms with E-state index in [0.717, 1.165) is 16.1 Å². The number of nitrogens with one attached hydrogen (secondary N) is 1. The van der Waals surface area contributed by atoms with E-state index in [1.165, 1.54) is 4.90 Å². The van der Waals surface area contributed by atoms with Crippen LogP contribution in [0.25, 0.3) is 0 Å². The molecule has 0 unspecified atom stereocenters.